The highest BCUT2D eigenvalue weighted by molar-refractivity contribution is 7.93. The Balaban J connectivity index is 1.44. The van der Waals surface area contributed by atoms with Gasteiger partial charge in [-0.05, 0) is 79.9 Å². The number of hydrogen-bond donors (Lipinski definition) is 1. The third-order valence-corrected chi connectivity index (χ3v) is 7.99. The van der Waals surface area contributed by atoms with Crippen LogP contribution in [0.2, 0.25) is 0 Å². The van der Waals surface area contributed by atoms with Crippen molar-refractivity contribution in [1.82, 2.24) is 9.97 Å². The van der Waals surface area contributed by atoms with Crippen LogP contribution in [0.25, 0.3) is 22.2 Å². The van der Waals surface area contributed by atoms with Gasteiger partial charge in [0.15, 0.2) is 0 Å². The van der Waals surface area contributed by atoms with E-state index in [4.69, 9.17) is 0 Å². The fourth-order valence-corrected chi connectivity index (χ4v) is 5.91. The van der Waals surface area contributed by atoms with Crippen molar-refractivity contribution in [3.8, 4) is 11.3 Å². The number of fused-ring (bicyclic) bond motifs is 1. The minimum Gasteiger partial charge on any atom is -0.322 e. The number of benzene rings is 2. The first-order valence-corrected chi connectivity index (χ1v) is 12.7. The minimum absolute atomic E-state index is 0.158. The van der Waals surface area contributed by atoms with Crippen LogP contribution in [-0.2, 0) is 10.0 Å². The number of aryl methyl sites for hydroxylation is 2. The van der Waals surface area contributed by atoms with Crippen molar-refractivity contribution >= 4 is 38.2 Å². The van der Waals surface area contributed by atoms with Crippen LogP contribution in [0.1, 0.15) is 27.9 Å². The van der Waals surface area contributed by atoms with Crippen LogP contribution in [-0.4, -0.2) is 36.6 Å². The van der Waals surface area contributed by atoms with Crippen LogP contribution in [0, 0.1) is 13.8 Å². The van der Waals surface area contributed by atoms with Crippen molar-refractivity contribution in [1.29, 1.82) is 0 Å². The van der Waals surface area contributed by atoms with Crippen molar-refractivity contribution in [3.63, 3.8) is 0 Å². The third-order valence-electron chi connectivity index (χ3n) is 6.12. The second-order valence-corrected chi connectivity index (χ2v) is 10.5. The summed E-state index contributed by atoms with van der Waals surface area (Å²) in [5.41, 5.74) is 6.08. The normalized spacial score (nSPS) is 14.9. The van der Waals surface area contributed by atoms with E-state index >= 15 is 0 Å². The molecule has 1 N–H and O–H groups in total. The van der Waals surface area contributed by atoms with Crippen LogP contribution in [0.3, 0.4) is 0 Å². The quantitative estimate of drug-likeness (QED) is 0.465. The molecule has 1 amide bonds. The largest absolute Gasteiger partial charge is 0.322 e. The molecule has 0 aliphatic carbocycles. The van der Waals surface area contributed by atoms with Gasteiger partial charge in [-0.15, -0.1) is 0 Å². The first-order valence-electron chi connectivity index (χ1n) is 11.1. The number of carbonyl (C=O) groups is 1. The number of aromatic nitrogens is 2. The Kier molecular flexibility index (Phi) is 5.53. The lowest BCUT2D eigenvalue weighted by Gasteiger charge is -2.18. The summed E-state index contributed by atoms with van der Waals surface area (Å²) in [6.07, 6.45) is 4.10. The van der Waals surface area contributed by atoms with E-state index in [-0.39, 0.29) is 11.7 Å². The van der Waals surface area contributed by atoms with Crippen LogP contribution in [0.15, 0.2) is 67.0 Å². The van der Waals surface area contributed by atoms with E-state index in [0.29, 0.717) is 35.5 Å². The zero-order chi connectivity index (χ0) is 23.9. The summed E-state index contributed by atoms with van der Waals surface area (Å²) in [7, 11) is -3.27. The molecule has 0 unspecified atom stereocenters. The summed E-state index contributed by atoms with van der Waals surface area (Å²) in [5.74, 6) is -0.0956. The van der Waals surface area contributed by atoms with Crippen molar-refractivity contribution in [3.05, 3.63) is 83.7 Å². The molecule has 3 heterocycles. The van der Waals surface area contributed by atoms with E-state index in [1.165, 1.54) is 4.31 Å². The summed E-state index contributed by atoms with van der Waals surface area (Å²) >= 11 is 0. The molecule has 4 aromatic rings. The van der Waals surface area contributed by atoms with Crippen LogP contribution in [0.5, 0.6) is 0 Å². The first kappa shape index (κ1) is 22.0. The molecule has 1 aliphatic heterocycles. The van der Waals surface area contributed by atoms with Gasteiger partial charge in [-0.2, -0.15) is 0 Å². The van der Waals surface area contributed by atoms with Gasteiger partial charge in [-0.25, -0.2) is 8.42 Å². The average Bonchev–Trinajstić information content (AvgIpc) is 3.18. The van der Waals surface area contributed by atoms with Gasteiger partial charge in [0.1, 0.15) is 0 Å². The second-order valence-electron chi connectivity index (χ2n) is 8.45. The first-order chi connectivity index (χ1) is 16.3. The van der Waals surface area contributed by atoms with Crippen molar-refractivity contribution < 1.29 is 13.2 Å². The molecule has 2 aromatic carbocycles. The molecule has 8 heteroatoms. The Morgan fingerprint density at radius 3 is 2.59 bits per heavy atom. The van der Waals surface area contributed by atoms with E-state index in [0.717, 1.165) is 27.7 Å². The second kappa shape index (κ2) is 8.53. The molecule has 5 rings (SSSR count). The van der Waals surface area contributed by atoms with Crippen LogP contribution >= 0.6 is 0 Å². The van der Waals surface area contributed by atoms with Gasteiger partial charge in [0.05, 0.1) is 22.7 Å². The maximum Gasteiger partial charge on any atom is 0.255 e. The molecule has 0 saturated carbocycles. The van der Waals surface area contributed by atoms with Gasteiger partial charge < -0.3 is 5.32 Å². The molecule has 0 radical (unpaired) electrons. The molecule has 7 nitrogen and oxygen atoms in total. The van der Waals surface area contributed by atoms with E-state index in [9.17, 15) is 13.2 Å². The predicted octanol–water partition coefficient (Wildman–Crippen LogP) is 4.71. The van der Waals surface area contributed by atoms with E-state index < -0.39 is 10.0 Å². The zero-order valence-corrected chi connectivity index (χ0v) is 19.8. The van der Waals surface area contributed by atoms with Gasteiger partial charge in [0, 0.05) is 41.1 Å². The Hall–Kier alpha value is -3.78. The third kappa shape index (κ3) is 4.01. The topological polar surface area (TPSA) is 92.3 Å². The van der Waals surface area contributed by atoms with Crippen molar-refractivity contribution in [2.45, 2.75) is 20.3 Å². The number of nitrogens with one attached hydrogen (secondary N) is 1. The standard InChI is InChI=1S/C26H24N4O3S/c1-17-6-7-19(16-23(17)25-22-5-3-11-27-24(22)10-12-28-25)29-26(31)21-9-8-20(15-18(21)2)30-13-4-14-34(30,32)33/h3,5-12,15-16H,4,13-14H2,1-2H3,(H,29,31). The Bertz CT molecular complexity index is 1530. The minimum atomic E-state index is -3.27. The molecule has 0 bridgehead atoms. The molecule has 1 saturated heterocycles. The number of sulfonamides is 1. The van der Waals surface area contributed by atoms with E-state index in [1.54, 1.807) is 30.6 Å². The lowest BCUT2D eigenvalue weighted by molar-refractivity contribution is 0.102. The van der Waals surface area contributed by atoms with Gasteiger partial charge in [-0.3, -0.25) is 19.1 Å². The molecule has 0 atom stereocenters. The van der Waals surface area contributed by atoms with Gasteiger partial charge >= 0.3 is 0 Å². The number of pyridine rings is 2. The van der Waals surface area contributed by atoms with Crippen molar-refractivity contribution in [2.75, 3.05) is 21.9 Å². The number of hydrogen-bond acceptors (Lipinski definition) is 5. The number of carbonyl (C=O) groups excluding carboxylic acids is 1. The number of rotatable bonds is 4. The highest BCUT2D eigenvalue weighted by Gasteiger charge is 2.28. The highest BCUT2D eigenvalue weighted by atomic mass is 32.2. The van der Waals surface area contributed by atoms with E-state index in [1.807, 2.05) is 50.2 Å². The summed E-state index contributed by atoms with van der Waals surface area (Å²) in [4.78, 5) is 22.1. The molecule has 2 aromatic heterocycles. The number of amides is 1. The Labute approximate surface area is 198 Å². The van der Waals surface area contributed by atoms with E-state index in [2.05, 4.69) is 15.3 Å². The lowest BCUT2D eigenvalue weighted by Crippen LogP contribution is -2.25. The van der Waals surface area contributed by atoms with Crippen LogP contribution < -0.4 is 9.62 Å². The fraction of sp³-hybridized carbons (Fsp3) is 0.192. The van der Waals surface area contributed by atoms with Crippen molar-refractivity contribution in [2.24, 2.45) is 0 Å². The lowest BCUT2D eigenvalue weighted by atomic mass is 10.0. The molecular formula is C26H24N4O3S. The maximum absolute atomic E-state index is 13.1. The molecule has 34 heavy (non-hydrogen) atoms. The Morgan fingerprint density at radius 1 is 0.971 bits per heavy atom. The monoisotopic (exact) mass is 472 g/mol. The molecule has 1 fully saturated rings. The summed E-state index contributed by atoms with van der Waals surface area (Å²) < 4.78 is 25.9. The summed E-state index contributed by atoms with van der Waals surface area (Å²) in [6, 6.07) is 16.6. The molecular weight excluding hydrogens is 448 g/mol. The summed E-state index contributed by atoms with van der Waals surface area (Å²) in [6.45, 7) is 4.29. The average molecular weight is 473 g/mol. The fourth-order valence-electron chi connectivity index (χ4n) is 4.36. The smallest absolute Gasteiger partial charge is 0.255 e. The predicted molar refractivity (Wildman–Crippen MR) is 135 cm³/mol. The SMILES string of the molecule is Cc1cc(N2CCCS2(=O)=O)ccc1C(=O)Nc1ccc(C)c(-c2nccc3ncccc23)c1. The highest BCUT2D eigenvalue weighted by Crippen LogP contribution is 2.31. The van der Waals surface area contributed by atoms with Crippen LogP contribution in [0.4, 0.5) is 11.4 Å². The number of nitrogens with zero attached hydrogens (tertiary/aromatic N) is 3. The zero-order valence-electron chi connectivity index (χ0n) is 18.9. The Morgan fingerprint density at radius 2 is 1.82 bits per heavy atom. The molecule has 1 aliphatic rings. The molecule has 172 valence electrons. The van der Waals surface area contributed by atoms with Gasteiger partial charge in [0.2, 0.25) is 10.0 Å². The summed E-state index contributed by atoms with van der Waals surface area (Å²) in [5, 5.41) is 3.92. The number of anilines is 2. The van der Waals surface area contributed by atoms with Gasteiger partial charge in [-0.1, -0.05) is 6.07 Å². The van der Waals surface area contributed by atoms with Gasteiger partial charge in [0.25, 0.3) is 5.91 Å². The maximum atomic E-state index is 13.1. The molecule has 0 spiro atoms.